The second-order valence-corrected chi connectivity index (χ2v) is 11.0. The summed E-state index contributed by atoms with van der Waals surface area (Å²) in [4.78, 5) is 25.3. The van der Waals surface area contributed by atoms with Gasteiger partial charge in [0.1, 0.15) is 40.7 Å². The van der Waals surface area contributed by atoms with Gasteiger partial charge in [0.25, 0.3) is 0 Å². The van der Waals surface area contributed by atoms with Crippen molar-refractivity contribution in [2.45, 2.75) is 0 Å². The zero-order chi connectivity index (χ0) is 29.4. The Kier molecular flexibility index (Phi) is 7.31. The molecule has 3 heterocycles. The number of ether oxygens (including phenoxy) is 2. The molecule has 1 saturated heterocycles. The number of hydrogen-bond acceptors (Lipinski definition) is 7. The molecule has 0 bridgehead atoms. The van der Waals surface area contributed by atoms with Crippen LogP contribution in [0.4, 0.5) is 5.82 Å². The van der Waals surface area contributed by atoms with Crippen LogP contribution in [0, 0.1) is 29.6 Å². The van der Waals surface area contributed by atoms with E-state index in [4.69, 9.17) is 15.2 Å². The van der Waals surface area contributed by atoms with Crippen molar-refractivity contribution in [3.05, 3.63) is 72.7 Å². The Bertz CT molecular complexity index is 1720. The van der Waals surface area contributed by atoms with Crippen molar-refractivity contribution in [2.24, 2.45) is 24.8 Å². The minimum atomic E-state index is 0.0764. The quantitative estimate of drug-likeness (QED) is 0.266. The Hall–Kier alpha value is -4.81. The van der Waals surface area contributed by atoms with Gasteiger partial charge >= 0.3 is 0 Å². The Balaban J connectivity index is 1.30. The van der Waals surface area contributed by atoms with E-state index in [1.54, 1.807) is 13.2 Å². The first-order chi connectivity index (χ1) is 20.4. The largest absolute Gasteiger partial charge is 0.496 e. The molecule has 9 nitrogen and oxygen atoms in total. The third kappa shape index (κ3) is 5.17. The van der Waals surface area contributed by atoms with Gasteiger partial charge in [0.15, 0.2) is 0 Å². The zero-order valence-corrected chi connectivity index (χ0v) is 24.2. The number of piperidine rings is 1. The van der Waals surface area contributed by atoms with E-state index in [0.29, 0.717) is 34.8 Å². The Labute approximate surface area is 245 Å². The minimum absolute atomic E-state index is 0.0764. The van der Waals surface area contributed by atoms with Gasteiger partial charge in [-0.2, -0.15) is 0 Å². The average Bonchev–Trinajstić information content (AvgIpc) is 3.29. The lowest BCUT2D eigenvalue weighted by atomic mass is 10.0. The maximum absolute atomic E-state index is 12.6. The third-order valence-electron chi connectivity index (χ3n) is 8.01. The van der Waals surface area contributed by atoms with Gasteiger partial charge in [-0.3, -0.25) is 4.79 Å². The van der Waals surface area contributed by atoms with E-state index in [9.17, 15) is 4.79 Å². The molecule has 1 saturated carbocycles. The van der Waals surface area contributed by atoms with Crippen LogP contribution < -0.4 is 15.2 Å². The average molecular weight is 563 g/mol. The van der Waals surface area contributed by atoms with Gasteiger partial charge in [0.05, 0.1) is 12.5 Å². The van der Waals surface area contributed by atoms with Crippen molar-refractivity contribution >= 4 is 22.8 Å². The lowest BCUT2D eigenvalue weighted by Gasteiger charge is -2.17. The van der Waals surface area contributed by atoms with Crippen LogP contribution in [0.5, 0.6) is 17.2 Å². The molecule has 2 aromatic carbocycles. The third-order valence-corrected chi connectivity index (χ3v) is 8.01. The van der Waals surface area contributed by atoms with Crippen LogP contribution >= 0.6 is 0 Å². The highest BCUT2D eigenvalue weighted by molar-refractivity contribution is 6.04. The normalized spacial score (nSPS) is 19.2. The number of rotatable bonds is 7. The summed E-state index contributed by atoms with van der Waals surface area (Å²) < 4.78 is 13.9. The number of anilines is 1. The van der Waals surface area contributed by atoms with Crippen LogP contribution in [0.25, 0.3) is 22.2 Å². The first kappa shape index (κ1) is 27.4. The monoisotopic (exact) mass is 562 g/mol. The van der Waals surface area contributed by atoms with Crippen LogP contribution in [0.3, 0.4) is 0 Å². The predicted molar refractivity (Wildman–Crippen MR) is 163 cm³/mol. The molecular formula is C33H34N6O3. The summed E-state index contributed by atoms with van der Waals surface area (Å²) in [5.74, 6) is 10.5. The van der Waals surface area contributed by atoms with Gasteiger partial charge in [-0.15, -0.1) is 0 Å². The van der Waals surface area contributed by atoms with Crippen molar-refractivity contribution in [1.82, 2.24) is 24.3 Å². The van der Waals surface area contributed by atoms with Crippen molar-refractivity contribution in [3.8, 4) is 40.2 Å². The van der Waals surface area contributed by atoms with E-state index >= 15 is 0 Å². The molecule has 1 aliphatic heterocycles. The summed E-state index contributed by atoms with van der Waals surface area (Å²) in [7, 11) is 7.54. The number of likely N-dealkylation sites (N-methyl/N-ethyl adjacent to an activating group) is 1. The molecule has 1 amide bonds. The maximum atomic E-state index is 12.6. The summed E-state index contributed by atoms with van der Waals surface area (Å²) in [6.07, 6.45) is 5.06. The molecule has 42 heavy (non-hydrogen) atoms. The van der Waals surface area contributed by atoms with Crippen LogP contribution in [-0.2, 0) is 11.8 Å². The van der Waals surface area contributed by atoms with Crippen molar-refractivity contribution in [2.75, 3.05) is 46.6 Å². The first-order valence-corrected chi connectivity index (χ1v) is 14.0. The molecular weight excluding hydrogens is 528 g/mol. The molecule has 2 aliphatic rings. The number of carbonyl (C=O) groups is 1. The van der Waals surface area contributed by atoms with Crippen LogP contribution in [-0.4, -0.2) is 71.1 Å². The molecule has 214 valence electrons. The fourth-order valence-corrected chi connectivity index (χ4v) is 5.79. The number of nitrogens with two attached hydrogens (primary N) is 1. The minimum Gasteiger partial charge on any atom is -0.496 e. The predicted octanol–water partition coefficient (Wildman–Crippen LogP) is 4.19. The summed E-state index contributed by atoms with van der Waals surface area (Å²) in [6.45, 7) is 2.23. The van der Waals surface area contributed by atoms with Gasteiger partial charge < -0.3 is 29.6 Å². The number of carbonyl (C=O) groups excluding carboxylic acids is 1. The number of hydrogen-bond donors (Lipinski definition) is 1. The second-order valence-electron chi connectivity index (χ2n) is 11.0. The van der Waals surface area contributed by atoms with Gasteiger partial charge in [-0.25, -0.2) is 9.97 Å². The highest BCUT2D eigenvalue weighted by Crippen LogP contribution is 2.51. The molecule has 3 atom stereocenters. The number of aryl methyl sites for hydroxylation is 1. The van der Waals surface area contributed by atoms with Gasteiger partial charge in [0, 0.05) is 55.9 Å². The number of amides is 1. The molecule has 4 aromatic rings. The Morgan fingerprint density at radius 2 is 1.88 bits per heavy atom. The summed E-state index contributed by atoms with van der Waals surface area (Å²) in [6, 6.07) is 15.3. The van der Waals surface area contributed by atoms with Crippen LogP contribution in [0.2, 0.25) is 0 Å². The molecule has 1 unspecified atom stereocenters. The number of nitrogens with zero attached hydrogens (tertiary/aromatic N) is 5. The van der Waals surface area contributed by atoms with Crippen molar-refractivity contribution in [1.29, 1.82) is 0 Å². The Morgan fingerprint density at radius 3 is 2.60 bits per heavy atom. The van der Waals surface area contributed by atoms with Gasteiger partial charge in [0.2, 0.25) is 5.91 Å². The number of nitrogen functional groups attached to an aromatic ring is 1. The number of likely N-dealkylation sites (tertiary alicyclic amines) is 1. The summed E-state index contributed by atoms with van der Waals surface area (Å²) >= 11 is 0. The first-order valence-electron chi connectivity index (χ1n) is 14.0. The van der Waals surface area contributed by atoms with Gasteiger partial charge in [-0.1, -0.05) is 30.2 Å². The summed E-state index contributed by atoms with van der Waals surface area (Å²) in [5, 5.41) is 0.733. The topological polar surface area (TPSA) is 98.7 Å². The number of para-hydroxylation sites is 1. The smallest absolute Gasteiger partial charge is 0.246 e. The van der Waals surface area contributed by atoms with E-state index in [1.165, 1.54) is 6.33 Å². The van der Waals surface area contributed by atoms with E-state index < -0.39 is 0 Å². The maximum Gasteiger partial charge on any atom is 0.246 e. The standard InChI is InChI=1S/C33H34N6O3/c1-37(2)16-8-11-29(40)39-18-25-23(26(25)19-39)14-15-27-30(31-32(34)35-20-36-33(31)38(27)3)24-13-12-22(17-28(24)41-4)42-21-9-6-5-7-10-21/h5-13,17,20,23,25-26H,16,18-19H2,1-4H3,(H2,34,35,36)/b11-8+/t23?,25-,26+. The SMILES string of the molecule is COc1cc(Oc2ccccc2)ccc1-c1c(C#CC2[C@H]3CN(C(=O)/C=C/CN(C)C)C[C@@H]23)n(C)c2ncnc(N)c12. The van der Waals surface area contributed by atoms with E-state index in [0.717, 1.165) is 47.6 Å². The lowest BCUT2D eigenvalue weighted by molar-refractivity contribution is -0.125. The molecule has 6 rings (SSSR count). The number of aromatic nitrogens is 3. The second kappa shape index (κ2) is 11.2. The molecule has 2 fully saturated rings. The van der Waals surface area contributed by atoms with E-state index in [1.807, 2.05) is 90.1 Å². The number of benzene rings is 2. The number of methoxy groups -OCH3 is 1. The molecule has 1 aliphatic carbocycles. The van der Waals surface area contributed by atoms with Crippen LogP contribution in [0.1, 0.15) is 5.69 Å². The zero-order valence-electron chi connectivity index (χ0n) is 24.2. The molecule has 9 heteroatoms. The van der Waals surface area contributed by atoms with Crippen LogP contribution in [0.15, 0.2) is 67.0 Å². The van der Waals surface area contributed by atoms with Crippen molar-refractivity contribution < 1.29 is 14.3 Å². The fraction of sp³-hybridized carbons (Fsp3) is 0.303. The highest BCUT2D eigenvalue weighted by Gasteiger charge is 2.55. The molecule has 2 N–H and O–H groups in total. The summed E-state index contributed by atoms with van der Waals surface area (Å²) in [5.41, 5.74) is 9.56. The van der Waals surface area contributed by atoms with Gasteiger partial charge in [-0.05, 0) is 56.1 Å². The van der Waals surface area contributed by atoms with Crippen molar-refractivity contribution in [3.63, 3.8) is 0 Å². The fourth-order valence-electron chi connectivity index (χ4n) is 5.79. The molecule has 0 spiro atoms. The lowest BCUT2D eigenvalue weighted by Crippen LogP contribution is -2.30. The van der Waals surface area contributed by atoms with E-state index in [2.05, 4.69) is 21.8 Å². The molecule has 2 aromatic heterocycles. The Morgan fingerprint density at radius 1 is 1.12 bits per heavy atom. The number of fused-ring (bicyclic) bond motifs is 2. The van der Waals surface area contributed by atoms with E-state index in [-0.39, 0.29) is 11.8 Å². The molecule has 0 radical (unpaired) electrons. The highest BCUT2D eigenvalue weighted by atomic mass is 16.5.